The smallest absolute Gasteiger partial charge is 0.342 e. The molecule has 1 fully saturated rings. The number of carbonyl (C=O) groups excluding carboxylic acids is 2. The van der Waals surface area contributed by atoms with E-state index in [1.54, 1.807) is 0 Å². The molecular formula is C6H11N2O7P3. The third-order valence-corrected chi connectivity index (χ3v) is 4.50. The molecule has 0 radical (unpaired) electrons. The van der Waals surface area contributed by atoms with E-state index in [1.165, 1.54) is 0 Å². The standard InChI is InChI=1S/C6H11N2O7P3/c9-1-2(10)4(12)6(14)18(8-17-7-16)15-5(13)3(1)11/h1-4,9-12H,16H2,(H,7,8). The predicted octanol–water partition coefficient (Wildman–Crippen LogP) is -1.75. The molecule has 1 aliphatic rings. The second kappa shape index (κ2) is 6.89. The van der Waals surface area contributed by atoms with Crippen molar-refractivity contribution in [3.05, 3.63) is 0 Å². The Morgan fingerprint density at radius 3 is 2.33 bits per heavy atom. The third kappa shape index (κ3) is 3.47. The summed E-state index contributed by atoms with van der Waals surface area (Å²) in [5, 5.41) is 37.5. The Morgan fingerprint density at radius 1 is 1.22 bits per heavy atom. The molecule has 0 aliphatic carbocycles. The maximum atomic E-state index is 11.6. The number of carbonyl (C=O) groups is 2. The summed E-state index contributed by atoms with van der Waals surface area (Å²) >= 11 is 0. The van der Waals surface area contributed by atoms with Crippen molar-refractivity contribution >= 4 is 37.7 Å². The summed E-state index contributed by atoms with van der Waals surface area (Å²) in [6.07, 6.45) is -8.03. The molecule has 0 spiro atoms. The van der Waals surface area contributed by atoms with Gasteiger partial charge in [-0.1, -0.05) is 9.39 Å². The second-order valence-electron chi connectivity index (χ2n) is 3.21. The first-order valence-electron chi connectivity index (χ1n) is 4.54. The molecule has 0 bridgehead atoms. The molecule has 6 unspecified atom stereocenters. The van der Waals surface area contributed by atoms with E-state index < -0.39 is 44.2 Å². The van der Waals surface area contributed by atoms with Gasteiger partial charge >= 0.3 is 5.97 Å². The van der Waals surface area contributed by atoms with Crippen LogP contribution in [0.4, 0.5) is 0 Å². The molecule has 1 rings (SSSR count). The van der Waals surface area contributed by atoms with Crippen LogP contribution in [-0.4, -0.2) is 56.3 Å². The highest BCUT2D eigenvalue weighted by molar-refractivity contribution is 7.72. The monoisotopic (exact) mass is 316 g/mol. The summed E-state index contributed by atoms with van der Waals surface area (Å²) in [6.45, 7) is 0. The lowest BCUT2D eigenvalue weighted by atomic mass is 10.0. The molecule has 1 aliphatic heterocycles. The molecule has 6 atom stereocenters. The van der Waals surface area contributed by atoms with E-state index in [2.05, 4.69) is 23.3 Å². The van der Waals surface area contributed by atoms with Gasteiger partial charge in [0.15, 0.2) is 12.2 Å². The predicted molar refractivity (Wildman–Crippen MR) is 64.2 cm³/mol. The topological polar surface area (TPSA) is 149 Å². The first-order valence-corrected chi connectivity index (χ1v) is 7.18. The van der Waals surface area contributed by atoms with E-state index in [0.29, 0.717) is 0 Å². The van der Waals surface area contributed by atoms with E-state index in [9.17, 15) is 30.0 Å². The number of aliphatic hydroxyl groups is 4. The number of hydrogen-bond acceptors (Lipinski definition) is 8. The number of aliphatic hydroxyl groups excluding tert-OH is 4. The molecule has 0 saturated carbocycles. The molecule has 1 heterocycles. The van der Waals surface area contributed by atoms with Crippen LogP contribution in [0.1, 0.15) is 0 Å². The van der Waals surface area contributed by atoms with Gasteiger partial charge in [-0.05, 0) is 0 Å². The lowest BCUT2D eigenvalue weighted by molar-refractivity contribution is -0.164. The van der Waals surface area contributed by atoms with Crippen LogP contribution in [0.5, 0.6) is 0 Å². The van der Waals surface area contributed by atoms with Gasteiger partial charge in [0.2, 0.25) is 5.52 Å². The summed E-state index contributed by atoms with van der Waals surface area (Å²) in [5.41, 5.74) is -1.02. The Bertz CT molecular complexity index is 367. The molecule has 0 aromatic heterocycles. The van der Waals surface area contributed by atoms with Gasteiger partial charge in [-0.25, -0.2) is 9.65 Å². The average molecular weight is 316 g/mol. The highest BCUT2D eigenvalue weighted by atomic mass is 31.2. The Labute approximate surface area is 107 Å². The quantitative estimate of drug-likeness (QED) is 0.377. The maximum absolute atomic E-state index is 11.6. The lowest BCUT2D eigenvalue weighted by Gasteiger charge is -2.28. The van der Waals surface area contributed by atoms with Crippen LogP contribution in [0, 0.1) is 0 Å². The minimum Gasteiger partial charge on any atom is -0.412 e. The summed E-state index contributed by atoms with van der Waals surface area (Å²) in [4.78, 5) is 25.4. The van der Waals surface area contributed by atoms with Gasteiger partial charge in [-0.3, -0.25) is 4.79 Å². The van der Waals surface area contributed by atoms with E-state index in [4.69, 9.17) is 0 Å². The zero-order chi connectivity index (χ0) is 13.9. The first kappa shape index (κ1) is 16.0. The van der Waals surface area contributed by atoms with Crippen molar-refractivity contribution in [3.63, 3.8) is 0 Å². The lowest BCUT2D eigenvalue weighted by Crippen LogP contribution is -2.51. The van der Waals surface area contributed by atoms with Gasteiger partial charge in [0.1, 0.15) is 20.7 Å². The van der Waals surface area contributed by atoms with Crippen molar-refractivity contribution in [2.75, 3.05) is 0 Å². The van der Waals surface area contributed by atoms with Gasteiger partial charge in [-0.2, -0.15) is 4.52 Å². The number of rotatable bonds is 2. The number of hydrogen-bond donors (Lipinski definition) is 5. The summed E-state index contributed by atoms with van der Waals surface area (Å²) < 4.78 is 8.21. The fourth-order valence-corrected chi connectivity index (χ4v) is 3.33. The zero-order valence-corrected chi connectivity index (χ0v) is 11.7. The highest BCUT2D eigenvalue weighted by Gasteiger charge is 2.45. The van der Waals surface area contributed by atoms with Gasteiger partial charge in [0.05, 0.1) is 0 Å². The average Bonchev–Trinajstić information content (AvgIpc) is 2.38. The largest absolute Gasteiger partial charge is 0.412 e. The van der Waals surface area contributed by atoms with Gasteiger partial charge < -0.3 is 24.9 Å². The van der Waals surface area contributed by atoms with E-state index in [0.717, 1.165) is 0 Å². The normalized spacial score (nSPS) is 38.4. The van der Waals surface area contributed by atoms with Crippen LogP contribution in [0.25, 0.3) is 0 Å². The Morgan fingerprint density at radius 2 is 1.78 bits per heavy atom. The van der Waals surface area contributed by atoms with Crippen molar-refractivity contribution in [1.82, 2.24) is 4.86 Å². The van der Waals surface area contributed by atoms with Gasteiger partial charge in [0, 0.05) is 0 Å². The van der Waals surface area contributed by atoms with Crippen molar-refractivity contribution < 1.29 is 34.5 Å². The van der Waals surface area contributed by atoms with Crippen molar-refractivity contribution in [1.29, 1.82) is 0 Å². The van der Waals surface area contributed by atoms with Crippen molar-refractivity contribution in [2.45, 2.75) is 24.4 Å². The van der Waals surface area contributed by atoms with Crippen LogP contribution in [0.2, 0.25) is 0 Å². The fourth-order valence-electron chi connectivity index (χ4n) is 1.09. The van der Waals surface area contributed by atoms with E-state index >= 15 is 0 Å². The summed E-state index contributed by atoms with van der Waals surface area (Å²) in [7, 11) is -0.0798. The molecular weight excluding hydrogens is 305 g/mol. The van der Waals surface area contributed by atoms with E-state index in [-0.39, 0.29) is 8.52 Å². The molecule has 0 aromatic rings. The molecule has 102 valence electrons. The van der Waals surface area contributed by atoms with E-state index in [1.807, 2.05) is 0 Å². The molecule has 0 aromatic carbocycles. The first-order chi connectivity index (χ1) is 8.40. The van der Waals surface area contributed by atoms with Crippen LogP contribution in [-0.2, 0) is 14.1 Å². The number of nitrogens with zero attached hydrogens (tertiary/aromatic N) is 1. The van der Waals surface area contributed by atoms with Crippen molar-refractivity contribution in [2.24, 2.45) is 4.52 Å². The SMILES string of the molecule is O=C1OP(N=PNP)C(=O)C(O)C(O)C(O)C1O. The minimum absolute atomic E-state index is 0.195. The zero-order valence-electron chi connectivity index (χ0n) is 8.74. The Kier molecular flexibility index (Phi) is 6.11. The number of nitrogens with one attached hydrogen (secondary N) is 1. The van der Waals surface area contributed by atoms with Gasteiger partial charge in [-0.15, -0.1) is 0 Å². The fraction of sp³-hybridized carbons (Fsp3) is 0.667. The molecule has 18 heavy (non-hydrogen) atoms. The molecule has 12 heteroatoms. The second-order valence-corrected chi connectivity index (χ2v) is 6.33. The summed E-state index contributed by atoms with van der Waals surface area (Å²) in [6, 6.07) is 0. The molecule has 9 nitrogen and oxygen atoms in total. The minimum atomic E-state index is -2.37. The molecule has 5 N–H and O–H groups in total. The molecule has 0 amide bonds. The summed E-state index contributed by atoms with van der Waals surface area (Å²) in [5.74, 6) is -1.28. The maximum Gasteiger partial charge on any atom is 0.342 e. The van der Waals surface area contributed by atoms with Crippen molar-refractivity contribution in [3.8, 4) is 0 Å². The van der Waals surface area contributed by atoms with Crippen LogP contribution < -0.4 is 4.86 Å². The molecule has 1 saturated heterocycles. The van der Waals surface area contributed by atoms with Crippen LogP contribution >= 0.6 is 26.2 Å². The van der Waals surface area contributed by atoms with Crippen LogP contribution in [0.3, 0.4) is 0 Å². The van der Waals surface area contributed by atoms with Gasteiger partial charge in [0.25, 0.3) is 8.30 Å². The Hall–Kier alpha value is -0.100. The van der Waals surface area contributed by atoms with Crippen LogP contribution in [0.15, 0.2) is 4.52 Å². The third-order valence-electron chi connectivity index (χ3n) is 2.04. The highest BCUT2D eigenvalue weighted by Crippen LogP contribution is 2.45. The Balaban J connectivity index is 3.00.